The molecule has 18 heavy (non-hydrogen) atoms. The van der Waals surface area contributed by atoms with Crippen molar-refractivity contribution >= 4 is 5.82 Å². The van der Waals surface area contributed by atoms with Crippen molar-refractivity contribution in [2.45, 2.75) is 33.7 Å². The Morgan fingerprint density at radius 2 is 2.00 bits per heavy atom. The topological polar surface area (TPSA) is 37.4 Å². The molecule has 0 spiro atoms. The third kappa shape index (κ3) is 4.92. The van der Waals surface area contributed by atoms with Crippen molar-refractivity contribution in [1.29, 1.82) is 0 Å². The number of aromatic nitrogens is 1. The number of nitrogens with one attached hydrogen (secondary N) is 1. The Morgan fingerprint density at radius 3 is 2.61 bits per heavy atom. The standard InChI is InChI=1S/C14H25N3O/c1-5-17(6-2)11-12(4)15-13-9-8-10-14(16-13)18-7-3/h8-10,12H,5-7,11H2,1-4H3,(H,15,16). The van der Waals surface area contributed by atoms with Gasteiger partial charge in [-0.1, -0.05) is 19.9 Å². The summed E-state index contributed by atoms with van der Waals surface area (Å²) in [6.45, 7) is 12.3. The molecule has 4 nitrogen and oxygen atoms in total. The third-order valence-electron chi connectivity index (χ3n) is 2.84. The van der Waals surface area contributed by atoms with Crippen molar-refractivity contribution in [3.63, 3.8) is 0 Å². The number of hydrogen-bond acceptors (Lipinski definition) is 4. The van der Waals surface area contributed by atoms with E-state index in [4.69, 9.17) is 4.74 Å². The molecule has 0 aromatic carbocycles. The summed E-state index contributed by atoms with van der Waals surface area (Å²) in [5, 5.41) is 3.41. The van der Waals surface area contributed by atoms with Gasteiger partial charge in [0.1, 0.15) is 5.82 Å². The zero-order chi connectivity index (χ0) is 13.4. The van der Waals surface area contributed by atoms with Gasteiger partial charge < -0.3 is 15.0 Å². The van der Waals surface area contributed by atoms with Crippen LogP contribution in [0.5, 0.6) is 5.88 Å². The minimum absolute atomic E-state index is 0.370. The molecule has 1 aromatic rings. The summed E-state index contributed by atoms with van der Waals surface area (Å²) in [6, 6.07) is 6.18. The van der Waals surface area contributed by atoms with Crippen LogP contribution in [0.1, 0.15) is 27.7 Å². The minimum atomic E-state index is 0.370. The molecule has 1 heterocycles. The van der Waals surface area contributed by atoms with Crippen molar-refractivity contribution in [3.05, 3.63) is 18.2 Å². The first kappa shape index (κ1) is 14.8. The third-order valence-corrected chi connectivity index (χ3v) is 2.84. The molecule has 0 aliphatic carbocycles. The van der Waals surface area contributed by atoms with Gasteiger partial charge in [-0.25, -0.2) is 0 Å². The first-order valence-corrected chi connectivity index (χ1v) is 6.78. The van der Waals surface area contributed by atoms with E-state index in [2.05, 4.69) is 36.0 Å². The van der Waals surface area contributed by atoms with Crippen LogP contribution >= 0.6 is 0 Å². The lowest BCUT2D eigenvalue weighted by Gasteiger charge is -2.23. The van der Waals surface area contributed by atoms with E-state index in [0.717, 1.165) is 25.5 Å². The molecule has 0 aliphatic rings. The summed E-state index contributed by atoms with van der Waals surface area (Å²) in [5.74, 6) is 1.55. The Labute approximate surface area is 110 Å². The largest absolute Gasteiger partial charge is 0.478 e. The fraction of sp³-hybridized carbons (Fsp3) is 0.643. The van der Waals surface area contributed by atoms with Gasteiger partial charge in [-0.3, -0.25) is 0 Å². The molecule has 0 saturated carbocycles. The Balaban J connectivity index is 2.52. The van der Waals surface area contributed by atoms with Crippen LogP contribution in [0.2, 0.25) is 0 Å². The zero-order valence-electron chi connectivity index (χ0n) is 11.9. The Kier molecular flexibility index (Phi) is 6.50. The van der Waals surface area contributed by atoms with E-state index in [1.165, 1.54) is 0 Å². The molecule has 1 atom stereocenters. The average molecular weight is 251 g/mol. The maximum atomic E-state index is 5.39. The summed E-state index contributed by atoms with van der Waals surface area (Å²) < 4.78 is 5.39. The molecule has 0 saturated heterocycles. The monoisotopic (exact) mass is 251 g/mol. The van der Waals surface area contributed by atoms with Crippen LogP contribution in [0, 0.1) is 0 Å². The number of likely N-dealkylation sites (N-methyl/N-ethyl adjacent to an activating group) is 1. The van der Waals surface area contributed by atoms with Crippen LogP contribution in [-0.2, 0) is 0 Å². The molecule has 1 unspecified atom stereocenters. The van der Waals surface area contributed by atoms with Gasteiger partial charge in [0.05, 0.1) is 6.61 Å². The Morgan fingerprint density at radius 1 is 1.28 bits per heavy atom. The van der Waals surface area contributed by atoms with Crippen LogP contribution in [0.15, 0.2) is 18.2 Å². The van der Waals surface area contributed by atoms with Gasteiger partial charge >= 0.3 is 0 Å². The SMILES string of the molecule is CCOc1cccc(NC(C)CN(CC)CC)n1. The van der Waals surface area contributed by atoms with E-state index in [9.17, 15) is 0 Å². The van der Waals surface area contributed by atoms with Gasteiger partial charge in [0.25, 0.3) is 0 Å². The van der Waals surface area contributed by atoms with Crippen LogP contribution < -0.4 is 10.1 Å². The van der Waals surface area contributed by atoms with E-state index in [1.807, 2.05) is 25.1 Å². The summed E-state index contributed by atoms with van der Waals surface area (Å²) in [4.78, 5) is 6.80. The first-order valence-electron chi connectivity index (χ1n) is 6.78. The molecule has 102 valence electrons. The van der Waals surface area contributed by atoms with Crippen molar-refractivity contribution in [2.24, 2.45) is 0 Å². The van der Waals surface area contributed by atoms with E-state index in [1.54, 1.807) is 0 Å². The van der Waals surface area contributed by atoms with Crippen molar-refractivity contribution < 1.29 is 4.74 Å². The average Bonchev–Trinajstić information content (AvgIpc) is 2.36. The maximum absolute atomic E-state index is 5.39. The number of hydrogen-bond donors (Lipinski definition) is 1. The van der Waals surface area contributed by atoms with Gasteiger partial charge in [0, 0.05) is 18.7 Å². The molecule has 0 amide bonds. The molecule has 0 fully saturated rings. The summed E-state index contributed by atoms with van der Waals surface area (Å²) in [6.07, 6.45) is 0. The second-order valence-corrected chi connectivity index (χ2v) is 4.33. The lowest BCUT2D eigenvalue weighted by molar-refractivity contribution is 0.294. The van der Waals surface area contributed by atoms with Crippen LogP contribution in [0.25, 0.3) is 0 Å². The fourth-order valence-corrected chi connectivity index (χ4v) is 1.89. The summed E-state index contributed by atoms with van der Waals surface area (Å²) in [5.41, 5.74) is 0. The molecular formula is C14H25N3O. The van der Waals surface area contributed by atoms with Gasteiger partial charge in [0.15, 0.2) is 0 Å². The lowest BCUT2D eigenvalue weighted by Crippen LogP contribution is -2.34. The molecule has 0 aliphatic heterocycles. The van der Waals surface area contributed by atoms with Crippen molar-refractivity contribution in [2.75, 3.05) is 31.6 Å². The molecule has 4 heteroatoms. The lowest BCUT2D eigenvalue weighted by atomic mass is 10.3. The van der Waals surface area contributed by atoms with Crippen molar-refractivity contribution in [1.82, 2.24) is 9.88 Å². The predicted molar refractivity (Wildman–Crippen MR) is 76.3 cm³/mol. The summed E-state index contributed by atoms with van der Waals surface area (Å²) >= 11 is 0. The fourth-order valence-electron chi connectivity index (χ4n) is 1.89. The number of anilines is 1. The van der Waals surface area contributed by atoms with Crippen molar-refractivity contribution in [3.8, 4) is 5.88 Å². The van der Waals surface area contributed by atoms with Gasteiger partial charge in [-0.15, -0.1) is 0 Å². The maximum Gasteiger partial charge on any atom is 0.215 e. The van der Waals surface area contributed by atoms with E-state index < -0.39 is 0 Å². The van der Waals surface area contributed by atoms with Gasteiger partial charge in [0.2, 0.25) is 5.88 Å². The second-order valence-electron chi connectivity index (χ2n) is 4.33. The molecule has 1 aromatic heterocycles. The van der Waals surface area contributed by atoms with Crippen LogP contribution in [-0.4, -0.2) is 42.2 Å². The smallest absolute Gasteiger partial charge is 0.215 e. The highest BCUT2D eigenvalue weighted by molar-refractivity contribution is 5.38. The highest BCUT2D eigenvalue weighted by atomic mass is 16.5. The number of nitrogens with zero attached hydrogens (tertiary/aromatic N) is 2. The highest BCUT2D eigenvalue weighted by Crippen LogP contribution is 2.12. The Bertz CT molecular complexity index is 340. The quantitative estimate of drug-likeness (QED) is 0.770. The molecule has 0 radical (unpaired) electrons. The number of ether oxygens (including phenoxy) is 1. The normalized spacial score (nSPS) is 12.5. The molecule has 1 rings (SSSR count). The van der Waals surface area contributed by atoms with Gasteiger partial charge in [-0.2, -0.15) is 4.98 Å². The number of rotatable bonds is 8. The van der Waals surface area contributed by atoms with Crippen LogP contribution in [0.3, 0.4) is 0 Å². The van der Waals surface area contributed by atoms with E-state index in [0.29, 0.717) is 18.5 Å². The molecule has 1 N–H and O–H groups in total. The van der Waals surface area contributed by atoms with E-state index >= 15 is 0 Å². The molecule has 0 bridgehead atoms. The van der Waals surface area contributed by atoms with E-state index in [-0.39, 0.29) is 0 Å². The predicted octanol–water partition coefficient (Wildman–Crippen LogP) is 2.62. The molecular weight excluding hydrogens is 226 g/mol. The minimum Gasteiger partial charge on any atom is -0.478 e. The zero-order valence-corrected chi connectivity index (χ0v) is 11.9. The van der Waals surface area contributed by atoms with Crippen LogP contribution in [0.4, 0.5) is 5.82 Å². The second kappa shape index (κ2) is 7.93. The first-order chi connectivity index (χ1) is 8.69. The number of pyridine rings is 1. The highest BCUT2D eigenvalue weighted by Gasteiger charge is 2.07. The van der Waals surface area contributed by atoms with Gasteiger partial charge in [-0.05, 0) is 33.0 Å². The summed E-state index contributed by atoms with van der Waals surface area (Å²) in [7, 11) is 0. The Hall–Kier alpha value is -1.29.